The first kappa shape index (κ1) is 57.0. The van der Waals surface area contributed by atoms with Gasteiger partial charge in [-0.05, 0) is 73.4 Å². The number of carboxylic acids is 2. The third kappa shape index (κ3) is 17.6. The van der Waals surface area contributed by atoms with E-state index in [9.17, 15) is 73.5 Å². The molecule has 1 saturated heterocycles. The van der Waals surface area contributed by atoms with E-state index < -0.39 is 139 Å². The fraction of sp³-hybridized carbons (Fsp3) is 0.522. The van der Waals surface area contributed by atoms with Crippen molar-refractivity contribution in [3.8, 4) is 11.5 Å². The molecule has 0 aliphatic carbocycles. The number of hydrogen-bond acceptors (Lipinski definition) is 14. The summed E-state index contributed by atoms with van der Waals surface area (Å²) in [4.78, 5) is 131. The van der Waals surface area contributed by atoms with E-state index in [4.69, 9.17) is 5.73 Å². The normalized spacial score (nSPS) is 16.7. The van der Waals surface area contributed by atoms with Crippen LogP contribution in [0.4, 0.5) is 0 Å². The van der Waals surface area contributed by atoms with Crippen LogP contribution in [0.2, 0.25) is 0 Å². The first-order chi connectivity index (χ1) is 32.9. The molecule has 0 aromatic heterocycles. The number of phenols is 2. The number of amides is 8. The minimum Gasteiger partial charge on any atom is -0.508 e. The largest absolute Gasteiger partial charge is 0.508 e. The zero-order valence-electron chi connectivity index (χ0n) is 39.6. The van der Waals surface area contributed by atoms with Crippen LogP contribution in [0.15, 0.2) is 48.5 Å². The number of aromatic hydroxyl groups is 2. The molecule has 0 radical (unpaired) electrons. The topological polar surface area (TPSA) is 385 Å². The Labute approximate surface area is 403 Å². The molecule has 384 valence electrons. The maximum atomic E-state index is 13.6. The smallest absolute Gasteiger partial charge is 0.326 e. The number of rotatable bonds is 26. The summed E-state index contributed by atoms with van der Waals surface area (Å²) in [5.74, 6) is -11.2. The Bertz CT molecular complexity index is 2190. The van der Waals surface area contributed by atoms with Gasteiger partial charge in [-0.25, -0.2) is 4.79 Å². The number of nitrogens with zero attached hydrogens (tertiary/aromatic N) is 1. The first-order valence-electron chi connectivity index (χ1n) is 22.7. The molecular weight excluding hydrogens is 919 g/mol. The number of phenolic OH excluding ortho intramolecular Hbond substituents is 2. The van der Waals surface area contributed by atoms with E-state index in [1.165, 1.54) is 57.2 Å². The Morgan fingerprint density at radius 1 is 0.657 bits per heavy atom. The lowest BCUT2D eigenvalue weighted by Crippen LogP contribution is -2.60. The first-order valence-corrected chi connectivity index (χ1v) is 22.7. The molecule has 1 fully saturated rings. The van der Waals surface area contributed by atoms with Crippen molar-refractivity contribution in [2.75, 3.05) is 19.6 Å². The summed E-state index contributed by atoms with van der Waals surface area (Å²) in [5, 5.41) is 65.7. The Morgan fingerprint density at radius 3 is 1.69 bits per heavy atom. The lowest BCUT2D eigenvalue weighted by Gasteiger charge is -2.30. The van der Waals surface area contributed by atoms with E-state index in [-0.39, 0.29) is 37.3 Å². The van der Waals surface area contributed by atoms with E-state index >= 15 is 0 Å². The van der Waals surface area contributed by atoms with Gasteiger partial charge in [0.2, 0.25) is 47.3 Å². The van der Waals surface area contributed by atoms with Crippen molar-refractivity contribution in [3.63, 3.8) is 0 Å². The van der Waals surface area contributed by atoms with Gasteiger partial charge >= 0.3 is 11.9 Å². The summed E-state index contributed by atoms with van der Waals surface area (Å²) in [6.07, 6.45) is -1.67. The van der Waals surface area contributed by atoms with Crippen molar-refractivity contribution in [2.24, 2.45) is 17.6 Å². The zero-order valence-corrected chi connectivity index (χ0v) is 39.6. The average molecular weight is 984 g/mol. The van der Waals surface area contributed by atoms with Crippen molar-refractivity contribution in [1.29, 1.82) is 0 Å². The molecule has 24 nitrogen and oxygen atoms in total. The second-order valence-corrected chi connectivity index (χ2v) is 17.5. The molecule has 0 unspecified atom stereocenters. The van der Waals surface area contributed by atoms with Gasteiger partial charge in [-0.2, -0.15) is 0 Å². The summed E-state index contributed by atoms with van der Waals surface area (Å²) in [6.45, 7) is 6.37. The predicted molar refractivity (Wildman–Crippen MR) is 248 cm³/mol. The van der Waals surface area contributed by atoms with E-state index in [2.05, 4.69) is 37.2 Å². The Balaban J connectivity index is 1.61. The molecule has 2 aromatic rings. The van der Waals surface area contributed by atoms with Gasteiger partial charge in [-0.15, -0.1) is 0 Å². The van der Waals surface area contributed by atoms with Crippen molar-refractivity contribution in [2.45, 2.75) is 122 Å². The molecule has 14 N–H and O–H groups in total. The monoisotopic (exact) mass is 983 g/mol. The van der Waals surface area contributed by atoms with Crippen LogP contribution in [0.1, 0.15) is 71.4 Å². The molecule has 24 heteroatoms. The van der Waals surface area contributed by atoms with Crippen molar-refractivity contribution >= 4 is 59.2 Å². The van der Waals surface area contributed by atoms with Crippen LogP contribution in [0.5, 0.6) is 11.5 Å². The minimum atomic E-state index is -1.78. The maximum Gasteiger partial charge on any atom is 0.326 e. The van der Waals surface area contributed by atoms with Gasteiger partial charge < -0.3 is 73.4 Å². The summed E-state index contributed by atoms with van der Waals surface area (Å²) >= 11 is 0. The van der Waals surface area contributed by atoms with Gasteiger partial charge in [0.25, 0.3) is 0 Å². The van der Waals surface area contributed by atoms with E-state index in [0.717, 1.165) is 4.90 Å². The molecule has 0 saturated carbocycles. The number of aliphatic hydroxyl groups is 1. The van der Waals surface area contributed by atoms with Crippen LogP contribution < -0.4 is 43.0 Å². The molecule has 9 atom stereocenters. The lowest BCUT2D eigenvalue weighted by atomic mass is 9.96. The van der Waals surface area contributed by atoms with Crippen LogP contribution in [-0.2, 0) is 60.8 Å². The van der Waals surface area contributed by atoms with Crippen LogP contribution in [-0.4, -0.2) is 158 Å². The average Bonchev–Trinajstić information content (AvgIpc) is 3.80. The van der Waals surface area contributed by atoms with E-state index in [0.29, 0.717) is 24.0 Å². The molecule has 3 rings (SSSR count). The Kier molecular flexibility index (Phi) is 22.0. The van der Waals surface area contributed by atoms with Crippen LogP contribution >= 0.6 is 0 Å². The van der Waals surface area contributed by atoms with Crippen molar-refractivity contribution < 1.29 is 73.5 Å². The molecular formula is C46H65N9O15. The van der Waals surface area contributed by atoms with Gasteiger partial charge in [-0.1, -0.05) is 58.4 Å². The van der Waals surface area contributed by atoms with Crippen LogP contribution in [0.25, 0.3) is 0 Å². The highest BCUT2D eigenvalue weighted by atomic mass is 16.4. The Hall–Kier alpha value is -7.34. The Morgan fingerprint density at radius 2 is 1.17 bits per heavy atom. The zero-order chi connectivity index (χ0) is 52.4. The number of nitrogens with two attached hydrogens (primary N) is 1. The number of aliphatic hydroxyl groups excluding tert-OH is 1. The number of benzene rings is 2. The molecule has 1 heterocycles. The van der Waals surface area contributed by atoms with Crippen LogP contribution in [0, 0.1) is 11.8 Å². The maximum absolute atomic E-state index is 13.6. The summed E-state index contributed by atoms with van der Waals surface area (Å²) in [5.41, 5.74) is 7.08. The molecule has 0 spiro atoms. The van der Waals surface area contributed by atoms with E-state index in [1.807, 2.05) is 0 Å². The summed E-state index contributed by atoms with van der Waals surface area (Å²) in [7, 11) is 0. The standard InChI is InChI=1S/C46H65N9O15/c1-6-24(4)38(44(67)51-32(46(69)70)19-27-11-15-29(58)16-12-27)54-41(64)31(20-36(61)62)50-43(66)37(23(2)3)52-34(59)22-49-42(65)33-8-7-17-55(33)45(68)39(25(5)56)53-35(60)21-48-40(63)30(47)18-26-9-13-28(57)14-10-26/h9-16,23-25,30-33,37-39,56-58H,6-8,17-22,47H2,1-5H3,(H,48,63)(H,49,65)(H,50,66)(H,51,67)(H,52,59)(H,53,60)(H,54,64)(H,61,62)(H,69,70)/t24-,25+,30-,31-,32-,33-,37-,38-,39-/m0/s1. The van der Waals surface area contributed by atoms with Crippen molar-refractivity contribution in [1.82, 2.24) is 42.1 Å². The molecule has 70 heavy (non-hydrogen) atoms. The summed E-state index contributed by atoms with van der Waals surface area (Å²) in [6, 6.07) is 1.92. The molecule has 2 aromatic carbocycles. The van der Waals surface area contributed by atoms with Gasteiger partial charge in [-0.3, -0.25) is 43.2 Å². The van der Waals surface area contributed by atoms with Gasteiger partial charge in [0.05, 0.1) is 31.7 Å². The number of carboxylic acid groups (broad SMARTS) is 2. The highest BCUT2D eigenvalue weighted by molar-refractivity contribution is 5.98. The van der Waals surface area contributed by atoms with Gasteiger partial charge in [0, 0.05) is 13.0 Å². The molecule has 1 aliphatic rings. The third-order valence-electron chi connectivity index (χ3n) is 11.5. The number of carbonyl (C=O) groups excluding carboxylic acids is 8. The summed E-state index contributed by atoms with van der Waals surface area (Å²) < 4.78 is 0. The second kappa shape index (κ2) is 27.0. The van der Waals surface area contributed by atoms with Gasteiger partial charge in [0.1, 0.15) is 47.8 Å². The molecule has 0 bridgehead atoms. The quantitative estimate of drug-likeness (QED) is 0.0463. The fourth-order valence-corrected chi connectivity index (χ4v) is 7.35. The number of aliphatic carboxylic acids is 2. The highest BCUT2D eigenvalue weighted by Crippen LogP contribution is 2.20. The number of carbonyl (C=O) groups is 10. The van der Waals surface area contributed by atoms with Crippen LogP contribution in [0.3, 0.4) is 0 Å². The second-order valence-electron chi connectivity index (χ2n) is 17.5. The fourth-order valence-electron chi connectivity index (χ4n) is 7.35. The highest BCUT2D eigenvalue weighted by Gasteiger charge is 2.40. The molecule has 1 aliphatic heterocycles. The molecule has 8 amide bonds. The number of nitrogens with one attached hydrogen (secondary N) is 7. The lowest BCUT2D eigenvalue weighted by molar-refractivity contribution is -0.144. The number of likely N-dealkylation sites (tertiary alicyclic amines) is 1. The predicted octanol–water partition coefficient (Wildman–Crippen LogP) is -2.50. The minimum absolute atomic E-state index is 0.0310. The SMILES string of the molecule is CC[C@H](C)[C@H](NC(=O)[C@H](CC(=O)O)NC(=O)[C@@H](NC(=O)CNC(=O)[C@@H]1CCCN1C(=O)[C@@H](NC(=O)CNC(=O)[C@@H](N)Cc1ccc(O)cc1)[C@@H](C)O)C(C)C)C(=O)N[C@@H](Cc1ccc(O)cc1)C(=O)O. The van der Waals surface area contributed by atoms with E-state index in [1.54, 1.807) is 26.0 Å². The third-order valence-corrected chi connectivity index (χ3v) is 11.5. The van der Waals surface area contributed by atoms with Gasteiger partial charge in [0.15, 0.2) is 0 Å². The van der Waals surface area contributed by atoms with Crippen molar-refractivity contribution in [3.05, 3.63) is 59.7 Å². The number of hydrogen-bond donors (Lipinski definition) is 13.